The molecule has 0 aliphatic carbocycles. The van der Waals surface area contributed by atoms with Crippen LogP contribution in [0.3, 0.4) is 0 Å². The molecule has 0 fully saturated rings. The molecule has 0 heterocycles. The van der Waals surface area contributed by atoms with Crippen LogP contribution >= 0.6 is 0 Å². The van der Waals surface area contributed by atoms with Crippen molar-refractivity contribution in [3.8, 4) is 0 Å². The van der Waals surface area contributed by atoms with Gasteiger partial charge >= 0.3 is 0 Å². The summed E-state index contributed by atoms with van der Waals surface area (Å²) in [4.78, 5) is 2.31. The van der Waals surface area contributed by atoms with Crippen LogP contribution in [0.4, 0.5) is 5.69 Å². The number of benzene rings is 1. The average Bonchev–Trinajstić information content (AvgIpc) is 2.42. The molecule has 1 rings (SSSR count). The van der Waals surface area contributed by atoms with Gasteiger partial charge < -0.3 is 4.90 Å². The van der Waals surface area contributed by atoms with Gasteiger partial charge in [0.15, 0.2) is 0 Å². The first kappa shape index (κ1) is 14.8. The fourth-order valence-corrected chi connectivity index (χ4v) is 2.00. The van der Waals surface area contributed by atoms with Crippen LogP contribution in [-0.4, -0.2) is 13.6 Å². The maximum atomic E-state index is 2.34. The summed E-state index contributed by atoms with van der Waals surface area (Å²) < 4.78 is 0. The molecule has 18 heavy (non-hydrogen) atoms. The van der Waals surface area contributed by atoms with E-state index in [4.69, 9.17) is 0 Å². The number of allylic oxidation sites excluding steroid dienone is 1. The first-order valence-electron chi connectivity index (χ1n) is 7.25. The van der Waals surface area contributed by atoms with Crippen molar-refractivity contribution in [2.24, 2.45) is 0 Å². The van der Waals surface area contributed by atoms with Crippen LogP contribution in [0.5, 0.6) is 0 Å². The molecule has 0 saturated carbocycles. The lowest BCUT2D eigenvalue weighted by Gasteiger charge is -2.17. The Morgan fingerprint density at radius 1 is 0.944 bits per heavy atom. The van der Waals surface area contributed by atoms with Gasteiger partial charge in [0.2, 0.25) is 0 Å². The van der Waals surface area contributed by atoms with Crippen molar-refractivity contribution in [1.82, 2.24) is 0 Å². The summed E-state index contributed by atoms with van der Waals surface area (Å²) in [6.07, 6.45) is 12.5. The van der Waals surface area contributed by atoms with Gasteiger partial charge in [-0.05, 0) is 31.4 Å². The Balaban J connectivity index is 2.08. The van der Waals surface area contributed by atoms with Crippen LogP contribution in [0.15, 0.2) is 42.5 Å². The summed E-state index contributed by atoms with van der Waals surface area (Å²) in [6.45, 7) is 3.35. The van der Waals surface area contributed by atoms with E-state index in [1.165, 1.54) is 37.8 Å². The topological polar surface area (TPSA) is 3.24 Å². The molecule has 0 atom stereocenters. The van der Waals surface area contributed by atoms with E-state index < -0.39 is 0 Å². The van der Waals surface area contributed by atoms with E-state index in [0.29, 0.717) is 0 Å². The van der Waals surface area contributed by atoms with Crippen LogP contribution in [-0.2, 0) is 0 Å². The number of nitrogens with zero attached hydrogens (tertiary/aromatic N) is 1. The second kappa shape index (κ2) is 9.76. The van der Waals surface area contributed by atoms with Crippen LogP contribution < -0.4 is 4.90 Å². The Kier molecular flexibility index (Phi) is 8.03. The van der Waals surface area contributed by atoms with Gasteiger partial charge in [-0.25, -0.2) is 0 Å². The number of hydrogen-bond donors (Lipinski definition) is 0. The van der Waals surface area contributed by atoms with Crippen LogP contribution in [0.2, 0.25) is 0 Å². The maximum absolute atomic E-state index is 2.34. The Bertz CT molecular complexity index is 316. The fourth-order valence-electron chi connectivity index (χ4n) is 2.00. The standard InChI is InChI=1S/C17H27N/c1-3-4-5-6-7-8-9-13-16-18(2)17-14-11-10-12-15-17/h8-12,14-15H,3-7,13,16H2,1-2H3/b9-8-. The molecule has 0 bridgehead atoms. The molecule has 0 unspecified atom stereocenters. The lowest BCUT2D eigenvalue weighted by Crippen LogP contribution is -2.17. The van der Waals surface area contributed by atoms with E-state index in [1.807, 2.05) is 0 Å². The normalized spacial score (nSPS) is 11.0. The third kappa shape index (κ3) is 6.48. The lowest BCUT2D eigenvalue weighted by atomic mass is 10.1. The molecule has 1 nitrogen and oxygen atoms in total. The molecule has 1 aromatic rings. The van der Waals surface area contributed by atoms with Gasteiger partial charge in [0.05, 0.1) is 0 Å². The van der Waals surface area contributed by atoms with E-state index in [0.717, 1.165) is 13.0 Å². The van der Waals surface area contributed by atoms with Crippen molar-refractivity contribution in [3.05, 3.63) is 42.5 Å². The third-order valence-corrected chi connectivity index (χ3v) is 3.22. The fraction of sp³-hybridized carbons (Fsp3) is 0.529. The van der Waals surface area contributed by atoms with Gasteiger partial charge in [0, 0.05) is 19.3 Å². The summed E-state index contributed by atoms with van der Waals surface area (Å²) >= 11 is 0. The Morgan fingerprint density at radius 3 is 2.39 bits per heavy atom. The molecule has 0 spiro atoms. The minimum Gasteiger partial charge on any atom is -0.374 e. The monoisotopic (exact) mass is 245 g/mol. The van der Waals surface area contributed by atoms with Crippen LogP contribution in [0.1, 0.15) is 45.4 Å². The zero-order chi connectivity index (χ0) is 13.1. The number of rotatable bonds is 9. The van der Waals surface area contributed by atoms with Crippen LogP contribution in [0, 0.1) is 0 Å². The first-order valence-corrected chi connectivity index (χ1v) is 7.25. The van der Waals surface area contributed by atoms with Crippen molar-refractivity contribution in [1.29, 1.82) is 0 Å². The highest BCUT2D eigenvalue weighted by atomic mass is 15.1. The Hall–Kier alpha value is -1.24. The van der Waals surface area contributed by atoms with Crippen molar-refractivity contribution in [2.75, 3.05) is 18.5 Å². The Labute approximate surface area is 113 Å². The largest absolute Gasteiger partial charge is 0.374 e. The van der Waals surface area contributed by atoms with Gasteiger partial charge in [-0.2, -0.15) is 0 Å². The minimum atomic E-state index is 1.09. The molecule has 0 aliphatic heterocycles. The summed E-state index contributed by atoms with van der Waals surface area (Å²) in [5, 5.41) is 0. The summed E-state index contributed by atoms with van der Waals surface area (Å²) in [5.74, 6) is 0. The second-order valence-corrected chi connectivity index (χ2v) is 4.87. The molecular formula is C17H27N. The van der Waals surface area contributed by atoms with E-state index in [2.05, 4.69) is 61.4 Å². The van der Waals surface area contributed by atoms with Gasteiger partial charge in [-0.3, -0.25) is 0 Å². The third-order valence-electron chi connectivity index (χ3n) is 3.22. The highest BCUT2D eigenvalue weighted by molar-refractivity contribution is 5.44. The molecule has 0 aliphatic rings. The predicted molar refractivity (Wildman–Crippen MR) is 82.2 cm³/mol. The van der Waals surface area contributed by atoms with E-state index in [1.54, 1.807) is 0 Å². The highest BCUT2D eigenvalue weighted by Crippen LogP contribution is 2.11. The van der Waals surface area contributed by atoms with Crippen molar-refractivity contribution >= 4 is 5.69 Å². The highest BCUT2D eigenvalue weighted by Gasteiger charge is 1.96. The van der Waals surface area contributed by atoms with E-state index >= 15 is 0 Å². The maximum Gasteiger partial charge on any atom is 0.0363 e. The van der Waals surface area contributed by atoms with Crippen molar-refractivity contribution < 1.29 is 0 Å². The quantitative estimate of drug-likeness (QED) is 0.435. The van der Waals surface area contributed by atoms with Gasteiger partial charge in [0.25, 0.3) is 0 Å². The van der Waals surface area contributed by atoms with E-state index in [9.17, 15) is 0 Å². The van der Waals surface area contributed by atoms with Gasteiger partial charge in [-0.1, -0.05) is 56.5 Å². The second-order valence-electron chi connectivity index (χ2n) is 4.87. The molecule has 0 amide bonds. The minimum absolute atomic E-state index is 1.09. The van der Waals surface area contributed by atoms with Crippen molar-refractivity contribution in [3.63, 3.8) is 0 Å². The SMILES string of the molecule is CCCCCC/C=C\CCN(C)c1ccccc1. The zero-order valence-electron chi connectivity index (χ0n) is 11.9. The molecule has 1 aromatic carbocycles. The average molecular weight is 245 g/mol. The summed E-state index contributed by atoms with van der Waals surface area (Å²) in [7, 11) is 2.16. The number of para-hydroxylation sites is 1. The van der Waals surface area contributed by atoms with Gasteiger partial charge in [-0.15, -0.1) is 0 Å². The Morgan fingerprint density at radius 2 is 1.67 bits per heavy atom. The smallest absolute Gasteiger partial charge is 0.0363 e. The molecule has 100 valence electrons. The number of unbranched alkanes of at least 4 members (excludes halogenated alkanes) is 4. The lowest BCUT2D eigenvalue weighted by molar-refractivity contribution is 0.673. The molecule has 0 N–H and O–H groups in total. The zero-order valence-corrected chi connectivity index (χ0v) is 11.9. The molecule has 1 heteroatoms. The number of anilines is 1. The van der Waals surface area contributed by atoms with E-state index in [-0.39, 0.29) is 0 Å². The van der Waals surface area contributed by atoms with Crippen molar-refractivity contribution in [2.45, 2.75) is 45.4 Å². The first-order chi connectivity index (χ1) is 8.84. The summed E-state index contributed by atoms with van der Waals surface area (Å²) in [6, 6.07) is 10.6. The molecular weight excluding hydrogens is 218 g/mol. The van der Waals surface area contributed by atoms with Gasteiger partial charge in [0.1, 0.15) is 0 Å². The van der Waals surface area contributed by atoms with Crippen LogP contribution in [0.25, 0.3) is 0 Å². The predicted octanol–water partition coefficient (Wildman–Crippen LogP) is 5.04. The number of hydrogen-bond acceptors (Lipinski definition) is 1. The molecule has 0 saturated heterocycles. The summed E-state index contributed by atoms with van der Waals surface area (Å²) in [5.41, 5.74) is 1.30. The molecule has 0 radical (unpaired) electrons. The molecule has 0 aromatic heterocycles.